The molecular weight excluding hydrogens is 262 g/mol. The summed E-state index contributed by atoms with van der Waals surface area (Å²) in [6, 6.07) is 0. The lowest BCUT2D eigenvalue weighted by Gasteiger charge is -2.36. The number of aryl methyl sites for hydroxylation is 1. The van der Waals surface area contributed by atoms with Crippen LogP contribution in [0.3, 0.4) is 0 Å². The van der Waals surface area contributed by atoms with Crippen LogP contribution in [0.5, 0.6) is 0 Å². The molecule has 2 heterocycles. The van der Waals surface area contributed by atoms with Crippen LogP contribution in [0.25, 0.3) is 4.96 Å². The molecule has 102 valence electrons. The lowest BCUT2D eigenvalue weighted by atomic mass is 9.80. The summed E-state index contributed by atoms with van der Waals surface area (Å²) >= 11 is 1.54. The number of amides is 1. The molecule has 3 rings (SSSR count). The van der Waals surface area contributed by atoms with Gasteiger partial charge in [-0.25, -0.2) is 4.98 Å². The third kappa shape index (κ3) is 2.50. The van der Waals surface area contributed by atoms with Gasteiger partial charge in [-0.05, 0) is 26.2 Å². The van der Waals surface area contributed by atoms with Gasteiger partial charge in [0.15, 0.2) is 4.96 Å². The van der Waals surface area contributed by atoms with Crippen molar-refractivity contribution in [3.05, 3.63) is 23.0 Å². The predicted molar refractivity (Wildman–Crippen MR) is 73.3 cm³/mol. The van der Waals surface area contributed by atoms with E-state index in [9.17, 15) is 9.90 Å². The number of fused-ring (bicyclic) bond motifs is 1. The Morgan fingerprint density at radius 1 is 1.63 bits per heavy atom. The van der Waals surface area contributed by atoms with E-state index in [-0.39, 0.29) is 5.91 Å². The maximum atomic E-state index is 11.9. The summed E-state index contributed by atoms with van der Waals surface area (Å²) in [7, 11) is 0. The molecule has 0 saturated heterocycles. The summed E-state index contributed by atoms with van der Waals surface area (Å²) in [6.45, 7) is 2.30. The minimum absolute atomic E-state index is 0.0496. The van der Waals surface area contributed by atoms with Crippen LogP contribution < -0.4 is 5.32 Å². The molecule has 1 aliphatic rings. The number of hydrogen-bond acceptors (Lipinski definition) is 4. The molecule has 1 amide bonds. The van der Waals surface area contributed by atoms with Crippen LogP contribution in [0.4, 0.5) is 0 Å². The molecular formula is C13H17N3O2S. The van der Waals surface area contributed by atoms with E-state index in [1.807, 2.05) is 22.9 Å². The van der Waals surface area contributed by atoms with Gasteiger partial charge in [0.2, 0.25) is 5.91 Å². The average Bonchev–Trinajstić information content (AvgIpc) is 2.85. The summed E-state index contributed by atoms with van der Waals surface area (Å²) in [5.41, 5.74) is 1.24. The van der Waals surface area contributed by atoms with Crippen molar-refractivity contribution in [2.24, 2.45) is 0 Å². The lowest BCUT2D eigenvalue weighted by Crippen LogP contribution is -2.48. The van der Waals surface area contributed by atoms with Gasteiger partial charge >= 0.3 is 0 Å². The monoisotopic (exact) mass is 279 g/mol. The van der Waals surface area contributed by atoms with E-state index >= 15 is 0 Å². The van der Waals surface area contributed by atoms with Crippen LogP contribution in [0.15, 0.2) is 11.6 Å². The quantitative estimate of drug-likeness (QED) is 0.886. The number of aromatic nitrogens is 2. The Morgan fingerprint density at radius 2 is 2.42 bits per heavy atom. The van der Waals surface area contributed by atoms with E-state index in [4.69, 9.17) is 0 Å². The molecule has 0 bridgehead atoms. The van der Waals surface area contributed by atoms with E-state index in [0.29, 0.717) is 13.0 Å². The fourth-order valence-electron chi connectivity index (χ4n) is 2.32. The van der Waals surface area contributed by atoms with Gasteiger partial charge in [-0.1, -0.05) is 0 Å². The second-order valence-electron chi connectivity index (χ2n) is 5.29. The van der Waals surface area contributed by atoms with Crippen LogP contribution in [-0.4, -0.2) is 32.5 Å². The summed E-state index contributed by atoms with van der Waals surface area (Å²) in [5.74, 6) is -0.0496. The number of nitrogens with zero attached hydrogens (tertiary/aromatic N) is 2. The number of nitrogens with one attached hydrogen (secondary N) is 1. The number of hydrogen-bond donors (Lipinski definition) is 2. The predicted octanol–water partition coefficient (Wildman–Crippen LogP) is 1.28. The maximum absolute atomic E-state index is 11.9. The molecule has 2 N–H and O–H groups in total. The molecule has 6 heteroatoms. The molecule has 2 aromatic heterocycles. The van der Waals surface area contributed by atoms with Gasteiger partial charge in [0.05, 0.1) is 17.7 Å². The van der Waals surface area contributed by atoms with Crippen molar-refractivity contribution in [1.82, 2.24) is 14.7 Å². The number of carbonyl (C=O) groups excluding carboxylic acids is 1. The van der Waals surface area contributed by atoms with Gasteiger partial charge in [0.25, 0.3) is 0 Å². The van der Waals surface area contributed by atoms with E-state index in [0.717, 1.165) is 35.6 Å². The van der Waals surface area contributed by atoms with Crippen molar-refractivity contribution < 1.29 is 9.90 Å². The van der Waals surface area contributed by atoms with Gasteiger partial charge < -0.3 is 10.4 Å². The van der Waals surface area contributed by atoms with Crippen molar-refractivity contribution in [3.8, 4) is 0 Å². The molecule has 1 fully saturated rings. The Balaban J connectivity index is 1.62. The molecule has 0 radical (unpaired) electrons. The minimum atomic E-state index is -0.661. The number of thiazole rings is 1. The second kappa shape index (κ2) is 4.61. The van der Waals surface area contributed by atoms with Gasteiger partial charge in [-0.2, -0.15) is 0 Å². The highest BCUT2D eigenvalue weighted by Gasteiger charge is 2.34. The fraction of sp³-hybridized carbons (Fsp3) is 0.538. The van der Waals surface area contributed by atoms with Crippen molar-refractivity contribution in [2.45, 2.75) is 38.2 Å². The summed E-state index contributed by atoms with van der Waals surface area (Å²) in [5, 5.41) is 14.7. The first-order valence-corrected chi connectivity index (χ1v) is 7.35. The molecule has 1 aliphatic carbocycles. The normalized spacial score (nSPS) is 17.4. The Morgan fingerprint density at radius 3 is 3.11 bits per heavy atom. The molecule has 5 nitrogen and oxygen atoms in total. The standard InChI is InChI=1S/C13H17N3O2S/c1-9-6-16-10(7-19-12(16)15-9)5-11(17)14-8-13(18)3-2-4-13/h6-7,18H,2-5,8H2,1H3,(H,14,17). The van der Waals surface area contributed by atoms with E-state index in [1.165, 1.54) is 11.3 Å². The Kier molecular flexibility index (Phi) is 3.06. The SMILES string of the molecule is Cc1cn2c(CC(=O)NCC3(O)CCC3)csc2n1. The molecule has 0 atom stereocenters. The number of aliphatic hydroxyl groups is 1. The third-order valence-corrected chi connectivity index (χ3v) is 4.53. The third-order valence-electron chi connectivity index (χ3n) is 3.64. The fourth-order valence-corrected chi connectivity index (χ4v) is 3.24. The summed E-state index contributed by atoms with van der Waals surface area (Å²) < 4.78 is 1.96. The van der Waals surface area contributed by atoms with Crippen molar-refractivity contribution >= 4 is 22.2 Å². The Hall–Kier alpha value is -1.40. The zero-order valence-electron chi connectivity index (χ0n) is 10.8. The largest absolute Gasteiger partial charge is 0.388 e. The molecule has 19 heavy (non-hydrogen) atoms. The highest BCUT2D eigenvalue weighted by molar-refractivity contribution is 7.15. The van der Waals surface area contributed by atoms with Crippen LogP contribution >= 0.6 is 11.3 Å². The average molecular weight is 279 g/mol. The smallest absolute Gasteiger partial charge is 0.226 e. The van der Waals surface area contributed by atoms with Crippen molar-refractivity contribution in [3.63, 3.8) is 0 Å². The topological polar surface area (TPSA) is 66.6 Å². The summed E-state index contributed by atoms with van der Waals surface area (Å²) in [4.78, 5) is 17.2. The van der Waals surface area contributed by atoms with Crippen molar-refractivity contribution in [2.75, 3.05) is 6.54 Å². The van der Waals surface area contributed by atoms with Crippen LogP contribution in [-0.2, 0) is 11.2 Å². The van der Waals surface area contributed by atoms with Crippen LogP contribution in [0, 0.1) is 6.92 Å². The summed E-state index contributed by atoms with van der Waals surface area (Å²) in [6.07, 6.45) is 4.89. The number of rotatable bonds is 4. The first-order valence-electron chi connectivity index (χ1n) is 6.47. The highest BCUT2D eigenvalue weighted by Crippen LogP contribution is 2.30. The van der Waals surface area contributed by atoms with Gasteiger partial charge in [0, 0.05) is 23.8 Å². The molecule has 0 aliphatic heterocycles. The van der Waals surface area contributed by atoms with Gasteiger partial charge in [-0.15, -0.1) is 11.3 Å². The zero-order chi connectivity index (χ0) is 13.5. The molecule has 2 aromatic rings. The van der Waals surface area contributed by atoms with Crippen LogP contribution in [0.1, 0.15) is 30.7 Å². The zero-order valence-corrected chi connectivity index (χ0v) is 11.7. The van der Waals surface area contributed by atoms with E-state index < -0.39 is 5.60 Å². The van der Waals surface area contributed by atoms with E-state index in [2.05, 4.69) is 10.3 Å². The minimum Gasteiger partial charge on any atom is -0.388 e. The molecule has 0 aromatic carbocycles. The number of imidazole rings is 1. The Bertz CT molecular complexity index is 612. The molecule has 1 saturated carbocycles. The van der Waals surface area contributed by atoms with Crippen LogP contribution in [0.2, 0.25) is 0 Å². The van der Waals surface area contributed by atoms with Crippen molar-refractivity contribution in [1.29, 1.82) is 0 Å². The number of carbonyl (C=O) groups is 1. The first kappa shape index (κ1) is 12.6. The first-order chi connectivity index (χ1) is 9.06. The molecule has 0 spiro atoms. The maximum Gasteiger partial charge on any atom is 0.226 e. The van der Waals surface area contributed by atoms with Gasteiger partial charge in [-0.3, -0.25) is 9.20 Å². The van der Waals surface area contributed by atoms with E-state index in [1.54, 1.807) is 0 Å². The lowest BCUT2D eigenvalue weighted by molar-refractivity contribution is -0.122. The Labute approximate surface area is 115 Å². The second-order valence-corrected chi connectivity index (χ2v) is 6.13. The highest BCUT2D eigenvalue weighted by atomic mass is 32.1. The molecule has 0 unspecified atom stereocenters. The van der Waals surface area contributed by atoms with Gasteiger partial charge in [0.1, 0.15) is 0 Å².